The van der Waals surface area contributed by atoms with Crippen molar-refractivity contribution >= 4 is 11.8 Å². The quantitative estimate of drug-likeness (QED) is 0.820. The van der Waals surface area contributed by atoms with Crippen molar-refractivity contribution < 1.29 is 4.39 Å². The molecule has 2 aromatic rings. The molecule has 2 aromatic heterocycles. The van der Waals surface area contributed by atoms with Crippen LogP contribution >= 0.6 is 11.8 Å². The first-order chi connectivity index (χ1) is 9.24. The summed E-state index contributed by atoms with van der Waals surface area (Å²) in [5, 5.41) is 9.00. The summed E-state index contributed by atoms with van der Waals surface area (Å²) in [6, 6.07) is 1.48. The largest absolute Gasteiger partial charge is 0.324 e. The van der Waals surface area contributed by atoms with Crippen molar-refractivity contribution in [1.29, 1.82) is 0 Å². The highest BCUT2D eigenvalue weighted by Gasteiger charge is 2.11. The predicted octanol–water partition coefficient (Wildman–Crippen LogP) is 1.97. The van der Waals surface area contributed by atoms with Crippen molar-refractivity contribution in [1.82, 2.24) is 19.7 Å². The molecule has 19 heavy (non-hydrogen) atoms. The average molecular weight is 281 g/mol. The maximum Gasteiger partial charge on any atom is 0.191 e. The van der Waals surface area contributed by atoms with Crippen molar-refractivity contribution in [2.24, 2.45) is 5.73 Å². The lowest BCUT2D eigenvalue weighted by atomic mass is 10.3. The molecule has 0 unspecified atom stereocenters. The van der Waals surface area contributed by atoms with Crippen LogP contribution in [0, 0.1) is 5.82 Å². The van der Waals surface area contributed by atoms with E-state index in [1.54, 1.807) is 6.20 Å². The molecule has 0 saturated carbocycles. The van der Waals surface area contributed by atoms with Gasteiger partial charge in [0.15, 0.2) is 5.16 Å². The highest BCUT2D eigenvalue weighted by Crippen LogP contribution is 2.22. The van der Waals surface area contributed by atoms with Gasteiger partial charge in [-0.1, -0.05) is 18.7 Å². The Kier molecular flexibility index (Phi) is 4.86. The average Bonchev–Trinajstić information content (AvgIpc) is 2.79. The molecule has 7 heteroatoms. The molecule has 0 aliphatic heterocycles. The number of nitrogens with zero attached hydrogens (tertiary/aromatic N) is 4. The molecule has 0 amide bonds. The molecule has 0 aliphatic carbocycles. The van der Waals surface area contributed by atoms with E-state index in [1.165, 1.54) is 24.0 Å². The van der Waals surface area contributed by atoms with Gasteiger partial charge in [0, 0.05) is 18.5 Å². The minimum atomic E-state index is -0.323. The number of hydrogen-bond donors (Lipinski definition) is 1. The lowest BCUT2D eigenvalue weighted by Crippen LogP contribution is -2.09. The molecule has 2 rings (SSSR count). The van der Waals surface area contributed by atoms with Crippen molar-refractivity contribution in [3.05, 3.63) is 35.7 Å². The van der Waals surface area contributed by atoms with Crippen molar-refractivity contribution in [3.8, 4) is 0 Å². The number of rotatable bonds is 6. The summed E-state index contributed by atoms with van der Waals surface area (Å²) in [6.45, 7) is 3.30. The molecular weight excluding hydrogens is 265 g/mol. The smallest absolute Gasteiger partial charge is 0.191 e. The standard InChI is InChI=1S/C12H16FN5S/c1-2-3-18-11(5-14)16-17-12(18)19-8-9-4-10(13)7-15-6-9/h4,6-7H,2-3,5,8,14H2,1H3. The Morgan fingerprint density at radius 2 is 2.21 bits per heavy atom. The molecule has 102 valence electrons. The van der Waals surface area contributed by atoms with E-state index < -0.39 is 0 Å². The fourth-order valence-corrected chi connectivity index (χ4v) is 2.61. The highest BCUT2D eigenvalue weighted by atomic mass is 32.2. The molecule has 0 saturated heterocycles. The second-order valence-corrected chi connectivity index (χ2v) is 5.00. The van der Waals surface area contributed by atoms with Crippen LogP contribution in [-0.2, 0) is 18.8 Å². The zero-order valence-corrected chi connectivity index (χ0v) is 11.5. The first kappa shape index (κ1) is 14.0. The Bertz CT molecular complexity index is 543. The van der Waals surface area contributed by atoms with Crippen LogP contribution < -0.4 is 5.73 Å². The maximum absolute atomic E-state index is 13.0. The molecule has 0 aliphatic rings. The predicted molar refractivity (Wildman–Crippen MR) is 72.0 cm³/mol. The van der Waals surface area contributed by atoms with Crippen LogP contribution in [0.5, 0.6) is 0 Å². The van der Waals surface area contributed by atoms with E-state index in [-0.39, 0.29) is 5.82 Å². The summed E-state index contributed by atoms with van der Waals surface area (Å²) in [5.74, 6) is 1.06. The molecule has 0 radical (unpaired) electrons. The zero-order chi connectivity index (χ0) is 13.7. The van der Waals surface area contributed by atoms with E-state index in [2.05, 4.69) is 22.1 Å². The van der Waals surface area contributed by atoms with Gasteiger partial charge in [0.05, 0.1) is 12.7 Å². The Balaban J connectivity index is 2.08. The first-order valence-corrected chi connectivity index (χ1v) is 7.07. The van der Waals surface area contributed by atoms with Gasteiger partial charge in [0.1, 0.15) is 11.6 Å². The van der Waals surface area contributed by atoms with E-state index in [0.717, 1.165) is 29.5 Å². The third-order valence-corrected chi connectivity index (χ3v) is 3.59. The topological polar surface area (TPSA) is 69.6 Å². The summed E-state index contributed by atoms with van der Waals surface area (Å²) in [5.41, 5.74) is 6.45. The summed E-state index contributed by atoms with van der Waals surface area (Å²) in [7, 11) is 0. The van der Waals surface area contributed by atoms with Gasteiger partial charge in [0.2, 0.25) is 0 Å². The van der Waals surface area contributed by atoms with E-state index >= 15 is 0 Å². The minimum Gasteiger partial charge on any atom is -0.324 e. The Hall–Kier alpha value is -1.47. The van der Waals surface area contributed by atoms with Gasteiger partial charge in [-0.2, -0.15) is 0 Å². The second kappa shape index (κ2) is 6.63. The SMILES string of the molecule is CCCn1c(CN)nnc1SCc1cncc(F)c1. The number of nitrogens with two attached hydrogens (primary N) is 1. The molecule has 0 bridgehead atoms. The van der Waals surface area contributed by atoms with Crippen LogP contribution in [0.15, 0.2) is 23.6 Å². The molecule has 5 nitrogen and oxygen atoms in total. The number of halogens is 1. The van der Waals surface area contributed by atoms with Gasteiger partial charge >= 0.3 is 0 Å². The molecule has 0 fully saturated rings. The number of hydrogen-bond acceptors (Lipinski definition) is 5. The van der Waals surface area contributed by atoms with E-state index in [1.807, 2.05) is 4.57 Å². The second-order valence-electron chi connectivity index (χ2n) is 4.05. The van der Waals surface area contributed by atoms with Crippen LogP contribution in [0.3, 0.4) is 0 Å². The fourth-order valence-electron chi connectivity index (χ4n) is 1.71. The lowest BCUT2D eigenvalue weighted by molar-refractivity contribution is 0.592. The van der Waals surface area contributed by atoms with Crippen LogP contribution in [-0.4, -0.2) is 19.7 Å². The number of aromatic nitrogens is 4. The zero-order valence-electron chi connectivity index (χ0n) is 10.7. The fraction of sp³-hybridized carbons (Fsp3) is 0.417. The third-order valence-electron chi connectivity index (χ3n) is 2.55. The van der Waals surface area contributed by atoms with E-state index in [4.69, 9.17) is 5.73 Å². The highest BCUT2D eigenvalue weighted by molar-refractivity contribution is 7.98. The monoisotopic (exact) mass is 281 g/mol. The van der Waals surface area contributed by atoms with Crippen LogP contribution in [0.4, 0.5) is 4.39 Å². The van der Waals surface area contributed by atoms with Crippen LogP contribution in [0.2, 0.25) is 0 Å². The summed E-state index contributed by atoms with van der Waals surface area (Å²) in [4.78, 5) is 3.83. The Labute approximate surface area is 115 Å². The molecule has 0 aromatic carbocycles. The van der Waals surface area contributed by atoms with Gasteiger partial charge in [0.25, 0.3) is 0 Å². The Morgan fingerprint density at radius 3 is 2.89 bits per heavy atom. The van der Waals surface area contributed by atoms with Crippen molar-refractivity contribution in [3.63, 3.8) is 0 Å². The normalized spacial score (nSPS) is 10.9. The van der Waals surface area contributed by atoms with Crippen LogP contribution in [0.1, 0.15) is 24.7 Å². The van der Waals surface area contributed by atoms with E-state index in [0.29, 0.717) is 12.3 Å². The lowest BCUT2D eigenvalue weighted by Gasteiger charge is -2.07. The molecule has 0 spiro atoms. The van der Waals surface area contributed by atoms with Gasteiger partial charge < -0.3 is 10.3 Å². The van der Waals surface area contributed by atoms with Crippen LogP contribution in [0.25, 0.3) is 0 Å². The first-order valence-electron chi connectivity index (χ1n) is 6.09. The summed E-state index contributed by atoms with van der Waals surface area (Å²) in [6.07, 6.45) is 3.83. The summed E-state index contributed by atoms with van der Waals surface area (Å²) < 4.78 is 15.0. The van der Waals surface area contributed by atoms with Gasteiger partial charge in [-0.25, -0.2) is 4.39 Å². The van der Waals surface area contributed by atoms with E-state index in [9.17, 15) is 4.39 Å². The third kappa shape index (κ3) is 3.51. The number of thioether (sulfide) groups is 1. The van der Waals surface area contributed by atoms with Crippen molar-refractivity contribution in [2.45, 2.75) is 37.3 Å². The van der Waals surface area contributed by atoms with Gasteiger partial charge in [-0.15, -0.1) is 10.2 Å². The molecular formula is C12H16FN5S. The molecule has 2 heterocycles. The van der Waals surface area contributed by atoms with Gasteiger partial charge in [-0.05, 0) is 18.1 Å². The maximum atomic E-state index is 13.0. The van der Waals surface area contributed by atoms with Gasteiger partial charge in [-0.3, -0.25) is 4.98 Å². The molecule has 2 N–H and O–H groups in total. The van der Waals surface area contributed by atoms with Crippen molar-refractivity contribution in [2.75, 3.05) is 0 Å². The molecule has 0 atom stereocenters. The minimum absolute atomic E-state index is 0.323. The number of pyridine rings is 1. The summed E-state index contributed by atoms with van der Waals surface area (Å²) >= 11 is 1.51. The Morgan fingerprint density at radius 1 is 1.37 bits per heavy atom.